The van der Waals surface area contributed by atoms with Crippen LogP contribution in [-0.4, -0.2) is 18.4 Å². The van der Waals surface area contributed by atoms with Crippen LogP contribution in [-0.2, 0) is 14.3 Å². The van der Waals surface area contributed by atoms with Gasteiger partial charge in [0.1, 0.15) is 11.2 Å². The Morgan fingerprint density at radius 2 is 2.11 bits per heavy atom. The molecule has 1 aliphatic rings. The first-order chi connectivity index (χ1) is 8.65. The predicted molar refractivity (Wildman–Crippen MR) is 66.6 cm³/mol. The smallest absolute Gasteiger partial charge is 0.320 e. The molecule has 0 spiro atoms. The Morgan fingerprint density at radius 3 is 2.67 bits per heavy atom. The molecule has 0 radical (unpaired) electrons. The Morgan fingerprint density at radius 1 is 1.39 bits per heavy atom. The Kier molecular flexibility index (Phi) is 3.47. The maximum Gasteiger partial charge on any atom is 0.320 e. The third-order valence-corrected chi connectivity index (χ3v) is 3.22. The van der Waals surface area contributed by atoms with E-state index in [2.05, 4.69) is 11.8 Å². The summed E-state index contributed by atoms with van der Waals surface area (Å²) in [7, 11) is 0. The Labute approximate surface area is 106 Å². The molecule has 0 N–H and O–H groups in total. The van der Waals surface area contributed by atoms with Gasteiger partial charge < -0.3 is 4.74 Å². The summed E-state index contributed by atoms with van der Waals surface area (Å²) in [4.78, 5) is 23.3. The quantitative estimate of drug-likeness (QED) is 0.452. The lowest BCUT2D eigenvalue weighted by Crippen LogP contribution is -2.33. The van der Waals surface area contributed by atoms with Crippen molar-refractivity contribution in [2.75, 3.05) is 6.61 Å². The number of carbonyl (C=O) groups excluding carboxylic acids is 2. The summed E-state index contributed by atoms with van der Waals surface area (Å²) in [6, 6.07) is 9.49. The molecule has 0 amide bonds. The third-order valence-electron chi connectivity index (χ3n) is 3.22. The lowest BCUT2D eigenvalue weighted by atomic mass is 9.79. The van der Waals surface area contributed by atoms with Gasteiger partial charge >= 0.3 is 5.97 Å². The highest BCUT2D eigenvalue weighted by molar-refractivity contribution is 6.04. The number of rotatable bonds is 2. The molecule has 3 nitrogen and oxygen atoms in total. The molecule has 1 heterocycles. The lowest BCUT2D eigenvalue weighted by molar-refractivity contribution is -0.150. The molecule has 0 aromatic heterocycles. The van der Waals surface area contributed by atoms with E-state index in [9.17, 15) is 9.59 Å². The summed E-state index contributed by atoms with van der Waals surface area (Å²) in [6.07, 6.45) is 0.667. The van der Waals surface area contributed by atoms with Crippen molar-refractivity contribution < 1.29 is 14.3 Å². The molecule has 1 aromatic carbocycles. The number of ketones is 1. The number of carbonyl (C=O) groups is 2. The van der Waals surface area contributed by atoms with E-state index in [-0.39, 0.29) is 12.2 Å². The van der Waals surface area contributed by atoms with E-state index >= 15 is 0 Å². The topological polar surface area (TPSA) is 43.4 Å². The summed E-state index contributed by atoms with van der Waals surface area (Å²) in [5.41, 5.74) is -0.163. The van der Waals surface area contributed by atoms with E-state index in [1.807, 2.05) is 30.3 Å². The fourth-order valence-corrected chi connectivity index (χ4v) is 1.98. The summed E-state index contributed by atoms with van der Waals surface area (Å²) in [5.74, 6) is 5.29. The Hall–Kier alpha value is -2.08. The number of cyclic esters (lactones) is 1. The van der Waals surface area contributed by atoms with E-state index in [4.69, 9.17) is 4.74 Å². The molecule has 2 rings (SSSR count). The summed E-state index contributed by atoms with van der Waals surface area (Å²) >= 11 is 0. The van der Waals surface area contributed by atoms with Crippen molar-refractivity contribution in [1.82, 2.24) is 0 Å². The largest absolute Gasteiger partial charge is 0.465 e. The van der Waals surface area contributed by atoms with Crippen LogP contribution >= 0.6 is 0 Å². The fourth-order valence-electron chi connectivity index (χ4n) is 1.98. The molecule has 92 valence electrons. The molecule has 1 fully saturated rings. The standard InChI is InChI=1S/C15H14O3/c1-12(16)15(10-11-18-14(15)17)9-5-8-13-6-3-2-4-7-13/h2-4,6-7H,9-11H2,1H3. The molecular formula is C15H14O3. The van der Waals surface area contributed by atoms with E-state index in [1.54, 1.807) is 0 Å². The van der Waals surface area contributed by atoms with Crippen molar-refractivity contribution in [3.63, 3.8) is 0 Å². The second kappa shape index (κ2) is 5.05. The molecule has 1 aliphatic heterocycles. The molecule has 1 saturated heterocycles. The first-order valence-corrected chi connectivity index (χ1v) is 5.87. The number of hydrogen-bond acceptors (Lipinski definition) is 3. The molecule has 3 heteroatoms. The highest BCUT2D eigenvalue weighted by Gasteiger charge is 2.48. The molecule has 0 bridgehead atoms. The SMILES string of the molecule is CC(=O)C1(CC#Cc2ccccc2)CCOC1=O. The van der Waals surface area contributed by atoms with Crippen LogP contribution in [0.4, 0.5) is 0 Å². The number of ether oxygens (including phenoxy) is 1. The van der Waals surface area contributed by atoms with Gasteiger partial charge in [0.2, 0.25) is 0 Å². The maximum absolute atomic E-state index is 11.7. The molecule has 0 saturated carbocycles. The Balaban J connectivity index is 2.15. The zero-order valence-electron chi connectivity index (χ0n) is 10.2. The van der Waals surface area contributed by atoms with Gasteiger partial charge in [-0.15, -0.1) is 0 Å². The normalized spacial score (nSPS) is 21.9. The lowest BCUT2D eigenvalue weighted by Gasteiger charge is -2.17. The van der Waals surface area contributed by atoms with E-state index in [0.717, 1.165) is 5.56 Å². The summed E-state index contributed by atoms with van der Waals surface area (Å²) in [6.45, 7) is 1.74. The van der Waals surface area contributed by atoms with Crippen LogP contribution in [0.3, 0.4) is 0 Å². The van der Waals surface area contributed by atoms with Gasteiger partial charge in [0.15, 0.2) is 0 Å². The van der Waals surface area contributed by atoms with E-state index in [1.165, 1.54) is 6.92 Å². The van der Waals surface area contributed by atoms with Crippen molar-refractivity contribution in [3.05, 3.63) is 35.9 Å². The molecule has 1 unspecified atom stereocenters. The number of benzene rings is 1. The summed E-state index contributed by atoms with van der Waals surface area (Å²) in [5, 5.41) is 0. The molecular weight excluding hydrogens is 228 g/mol. The van der Waals surface area contributed by atoms with Gasteiger partial charge in [-0.05, 0) is 19.1 Å². The average Bonchev–Trinajstić information content (AvgIpc) is 2.73. The minimum absolute atomic E-state index is 0.160. The monoisotopic (exact) mass is 242 g/mol. The van der Waals surface area contributed by atoms with Gasteiger partial charge in [0, 0.05) is 18.4 Å². The van der Waals surface area contributed by atoms with Crippen LogP contribution in [0.15, 0.2) is 30.3 Å². The first kappa shape index (κ1) is 12.4. The van der Waals surface area contributed by atoms with Crippen LogP contribution in [0, 0.1) is 17.3 Å². The minimum Gasteiger partial charge on any atom is -0.465 e. The van der Waals surface area contributed by atoms with Gasteiger partial charge in [0.05, 0.1) is 6.61 Å². The van der Waals surface area contributed by atoms with Gasteiger partial charge in [-0.2, -0.15) is 0 Å². The number of Topliss-reactive ketones (excluding diaryl/α,β-unsaturated/α-hetero) is 1. The van der Waals surface area contributed by atoms with Gasteiger partial charge in [-0.25, -0.2) is 0 Å². The number of esters is 1. The van der Waals surface area contributed by atoms with Crippen molar-refractivity contribution in [1.29, 1.82) is 0 Å². The van der Waals surface area contributed by atoms with E-state index in [0.29, 0.717) is 13.0 Å². The van der Waals surface area contributed by atoms with Crippen molar-refractivity contribution in [3.8, 4) is 11.8 Å². The van der Waals surface area contributed by atoms with Crippen LogP contribution in [0.5, 0.6) is 0 Å². The predicted octanol–water partition coefficient (Wildman–Crippen LogP) is 1.95. The molecule has 0 aliphatic carbocycles. The molecule has 1 atom stereocenters. The molecule has 1 aromatic rings. The zero-order valence-corrected chi connectivity index (χ0v) is 10.2. The maximum atomic E-state index is 11.7. The zero-order chi connectivity index (χ0) is 13.0. The highest BCUT2D eigenvalue weighted by atomic mass is 16.5. The van der Waals surface area contributed by atoms with Gasteiger partial charge in [0.25, 0.3) is 0 Å². The molecule has 18 heavy (non-hydrogen) atoms. The van der Waals surface area contributed by atoms with Crippen molar-refractivity contribution >= 4 is 11.8 Å². The first-order valence-electron chi connectivity index (χ1n) is 5.87. The van der Waals surface area contributed by atoms with Crippen molar-refractivity contribution in [2.24, 2.45) is 5.41 Å². The van der Waals surface area contributed by atoms with Crippen LogP contribution < -0.4 is 0 Å². The second-order valence-electron chi connectivity index (χ2n) is 4.37. The van der Waals surface area contributed by atoms with E-state index < -0.39 is 11.4 Å². The van der Waals surface area contributed by atoms with Gasteiger partial charge in [-0.1, -0.05) is 30.0 Å². The average molecular weight is 242 g/mol. The fraction of sp³-hybridized carbons (Fsp3) is 0.333. The second-order valence-corrected chi connectivity index (χ2v) is 4.37. The minimum atomic E-state index is -1.04. The number of hydrogen-bond donors (Lipinski definition) is 0. The Bertz CT molecular complexity index is 522. The summed E-state index contributed by atoms with van der Waals surface area (Å²) < 4.78 is 4.91. The van der Waals surface area contributed by atoms with Crippen LogP contribution in [0.25, 0.3) is 0 Å². The van der Waals surface area contributed by atoms with Crippen LogP contribution in [0.1, 0.15) is 25.3 Å². The van der Waals surface area contributed by atoms with Gasteiger partial charge in [-0.3, -0.25) is 9.59 Å². The third kappa shape index (κ3) is 2.28. The van der Waals surface area contributed by atoms with Crippen LogP contribution in [0.2, 0.25) is 0 Å². The van der Waals surface area contributed by atoms with Crippen molar-refractivity contribution in [2.45, 2.75) is 19.8 Å². The highest BCUT2D eigenvalue weighted by Crippen LogP contribution is 2.34.